The normalized spacial score (nSPS) is 11.3. The number of hydrogen-bond acceptors (Lipinski definition) is 8. The summed E-state index contributed by atoms with van der Waals surface area (Å²) in [5.74, 6) is -1.32. The third kappa shape index (κ3) is 9.88. The lowest BCUT2D eigenvalue weighted by molar-refractivity contribution is -0.379. The zero-order chi connectivity index (χ0) is 27.3. The monoisotopic (exact) mass is 552 g/mol. The summed E-state index contributed by atoms with van der Waals surface area (Å²) >= 11 is 0.608. The summed E-state index contributed by atoms with van der Waals surface area (Å²) in [6.07, 6.45) is 11.1. The van der Waals surface area contributed by atoms with Crippen LogP contribution in [0.15, 0.2) is 35.2 Å². The Labute approximate surface area is 222 Å². The quantitative estimate of drug-likeness (QED) is 0.0989. The molecule has 2 aromatic rings. The lowest BCUT2D eigenvalue weighted by Gasteiger charge is -2.07. The maximum Gasteiger partial charge on any atom is 0.348 e. The number of sulfone groups is 1. The number of benzene rings is 1. The lowest BCUT2D eigenvalue weighted by Crippen LogP contribution is -2.13. The maximum absolute atomic E-state index is 12.7. The smallest absolute Gasteiger partial charge is 0.348 e. The minimum atomic E-state index is -3.47. The van der Waals surface area contributed by atoms with Crippen molar-refractivity contribution in [3.63, 3.8) is 0 Å². The summed E-state index contributed by atoms with van der Waals surface area (Å²) in [4.78, 5) is 35.3. The van der Waals surface area contributed by atoms with E-state index in [0.29, 0.717) is 17.8 Å². The fraction of sp³-hybridized carbons (Fsp3) is 0.538. The van der Waals surface area contributed by atoms with Gasteiger partial charge in [-0.2, -0.15) is 0 Å². The van der Waals surface area contributed by atoms with E-state index in [4.69, 9.17) is 4.74 Å². The lowest BCUT2D eigenvalue weighted by atomic mass is 10.1. The van der Waals surface area contributed by atoms with E-state index in [1.165, 1.54) is 68.9 Å². The number of anilines is 1. The van der Waals surface area contributed by atoms with Crippen LogP contribution in [0.25, 0.3) is 0 Å². The van der Waals surface area contributed by atoms with E-state index >= 15 is 0 Å². The molecule has 0 atom stereocenters. The van der Waals surface area contributed by atoms with Crippen LogP contribution in [0.2, 0.25) is 0 Å². The van der Waals surface area contributed by atoms with Crippen molar-refractivity contribution >= 4 is 43.7 Å². The maximum atomic E-state index is 12.7. The Balaban J connectivity index is 1.88. The number of nitrogens with zero attached hydrogens (tertiary/aromatic N) is 1. The Bertz CT molecular complexity index is 1140. The van der Waals surface area contributed by atoms with Gasteiger partial charge in [0, 0.05) is 5.56 Å². The standard InChI is InChI=1S/C26H36N2O7S2/c1-3-5-6-7-8-9-10-11-12-13-18-37(33,34)21-16-14-20(15-17-21)24(29)27-22-19-23(26(30)35-4-2)36-25(22)28(31)32/h14-17,19H,3-13,18H2,1-2H3,(H,27,29). The van der Waals surface area contributed by atoms with Crippen LogP contribution < -0.4 is 5.32 Å². The SMILES string of the molecule is CCCCCCCCCCCCS(=O)(=O)c1ccc(C(=O)Nc2cc(C(=O)OCC)sc2[N+](=O)[O-])cc1. The second-order valence-corrected chi connectivity index (χ2v) is 11.9. The summed E-state index contributed by atoms with van der Waals surface area (Å²) in [7, 11) is -3.47. The van der Waals surface area contributed by atoms with Crippen molar-refractivity contribution in [2.75, 3.05) is 17.7 Å². The van der Waals surface area contributed by atoms with E-state index in [1.807, 2.05) is 0 Å². The highest BCUT2D eigenvalue weighted by Crippen LogP contribution is 2.35. The van der Waals surface area contributed by atoms with Gasteiger partial charge in [-0.3, -0.25) is 14.9 Å². The molecule has 0 unspecified atom stereocenters. The molecule has 0 radical (unpaired) electrons. The molecule has 9 nitrogen and oxygen atoms in total. The summed E-state index contributed by atoms with van der Waals surface area (Å²) in [5.41, 5.74) is 0.0109. The Morgan fingerprint density at radius 1 is 0.946 bits per heavy atom. The molecule has 0 spiro atoms. The Morgan fingerprint density at radius 2 is 1.51 bits per heavy atom. The van der Waals surface area contributed by atoms with Crippen molar-refractivity contribution in [2.45, 2.75) is 83.0 Å². The van der Waals surface area contributed by atoms with Crippen molar-refractivity contribution in [2.24, 2.45) is 0 Å². The van der Waals surface area contributed by atoms with Crippen LogP contribution in [0.3, 0.4) is 0 Å². The van der Waals surface area contributed by atoms with Crippen LogP contribution in [0.4, 0.5) is 10.7 Å². The number of hydrogen-bond donors (Lipinski definition) is 1. The van der Waals surface area contributed by atoms with Crippen LogP contribution in [0, 0.1) is 10.1 Å². The first-order valence-electron chi connectivity index (χ1n) is 12.8. The number of nitro groups is 1. The molecule has 0 saturated heterocycles. The van der Waals surface area contributed by atoms with Gasteiger partial charge in [-0.1, -0.05) is 76.0 Å². The summed E-state index contributed by atoms with van der Waals surface area (Å²) < 4.78 is 30.2. The van der Waals surface area contributed by atoms with Gasteiger partial charge in [0.05, 0.1) is 22.2 Å². The molecular weight excluding hydrogens is 516 g/mol. The molecule has 0 fully saturated rings. The number of thiophene rings is 1. The average molecular weight is 553 g/mol. The fourth-order valence-corrected chi connectivity index (χ4v) is 6.01. The fourth-order valence-electron chi connectivity index (χ4n) is 3.81. The molecule has 1 N–H and O–H groups in total. The van der Waals surface area contributed by atoms with Crippen molar-refractivity contribution in [1.82, 2.24) is 0 Å². The number of ether oxygens (including phenoxy) is 1. The van der Waals surface area contributed by atoms with Gasteiger partial charge >= 0.3 is 11.0 Å². The van der Waals surface area contributed by atoms with E-state index in [1.54, 1.807) is 6.92 Å². The van der Waals surface area contributed by atoms with Gasteiger partial charge in [0.2, 0.25) is 0 Å². The van der Waals surface area contributed by atoms with Gasteiger partial charge in [-0.05, 0) is 43.7 Å². The van der Waals surface area contributed by atoms with E-state index in [-0.39, 0.29) is 33.4 Å². The number of nitrogens with one attached hydrogen (secondary N) is 1. The number of esters is 1. The number of rotatable bonds is 17. The average Bonchev–Trinajstić information content (AvgIpc) is 3.29. The summed E-state index contributed by atoms with van der Waals surface area (Å²) in [6.45, 7) is 3.93. The van der Waals surface area contributed by atoms with Crippen LogP contribution in [0.5, 0.6) is 0 Å². The van der Waals surface area contributed by atoms with Crippen LogP contribution in [0.1, 0.15) is 98.1 Å². The first-order chi connectivity index (χ1) is 17.7. The minimum absolute atomic E-state index is 0.00253. The highest BCUT2D eigenvalue weighted by Gasteiger charge is 2.25. The largest absolute Gasteiger partial charge is 0.462 e. The molecule has 1 aromatic heterocycles. The van der Waals surface area contributed by atoms with E-state index in [0.717, 1.165) is 19.3 Å². The van der Waals surface area contributed by atoms with Gasteiger partial charge in [0.1, 0.15) is 10.6 Å². The third-order valence-electron chi connectivity index (χ3n) is 5.85. The Kier molecular flexibility index (Phi) is 12.7. The molecule has 1 aromatic carbocycles. The highest BCUT2D eigenvalue weighted by atomic mass is 32.2. The minimum Gasteiger partial charge on any atom is -0.462 e. The molecule has 0 aliphatic heterocycles. The zero-order valence-electron chi connectivity index (χ0n) is 21.5. The van der Waals surface area contributed by atoms with Crippen LogP contribution in [-0.4, -0.2) is 37.6 Å². The molecule has 0 saturated carbocycles. The molecule has 11 heteroatoms. The van der Waals surface area contributed by atoms with Crippen LogP contribution >= 0.6 is 11.3 Å². The second-order valence-electron chi connectivity index (χ2n) is 8.79. The van der Waals surface area contributed by atoms with Gasteiger partial charge in [-0.15, -0.1) is 0 Å². The Morgan fingerprint density at radius 3 is 2.05 bits per heavy atom. The van der Waals surface area contributed by atoms with Gasteiger partial charge < -0.3 is 10.1 Å². The predicted molar refractivity (Wildman–Crippen MR) is 145 cm³/mol. The molecule has 0 aliphatic carbocycles. The first kappa shape index (κ1) is 30.4. The predicted octanol–water partition coefficient (Wildman–Crippen LogP) is 6.78. The zero-order valence-corrected chi connectivity index (χ0v) is 23.1. The van der Waals surface area contributed by atoms with Gasteiger partial charge in [0.15, 0.2) is 9.84 Å². The van der Waals surface area contributed by atoms with Crippen molar-refractivity contribution in [3.05, 3.63) is 50.9 Å². The molecular formula is C26H36N2O7S2. The Hall–Kier alpha value is -2.79. The van der Waals surface area contributed by atoms with Crippen molar-refractivity contribution in [3.8, 4) is 0 Å². The number of unbranched alkanes of at least 4 members (excludes halogenated alkanes) is 9. The topological polar surface area (TPSA) is 133 Å². The molecule has 37 heavy (non-hydrogen) atoms. The van der Waals surface area contributed by atoms with Crippen molar-refractivity contribution in [1.29, 1.82) is 0 Å². The highest BCUT2D eigenvalue weighted by molar-refractivity contribution is 7.91. The van der Waals surface area contributed by atoms with Crippen molar-refractivity contribution < 1.29 is 27.7 Å². The third-order valence-corrected chi connectivity index (χ3v) is 8.73. The molecule has 204 valence electrons. The van der Waals surface area contributed by atoms with E-state index < -0.39 is 31.6 Å². The molecule has 0 bridgehead atoms. The van der Waals surface area contributed by atoms with E-state index in [9.17, 15) is 28.1 Å². The molecule has 2 rings (SSSR count). The number of amides is 1. The molecule has 0 aliphatic rings. The van der Waals surface area contributed by atoms with E-state index in [2.05, 4.69) is 12.2 Å². The van der Waals surface area contributed by atoms with Gasteiger partial charge in [-0.25, -0.2) is 13.2 Å². The molecule has 1 amide bonds. The summed E-state index contributed by atoms with van der Waals surface area (Å²) in [5, 5.41) is 13.4. The molecule has 1 heterocycles. The summed E-state index contributed by atoms with van der Waals surface area (Å²) in [6, 6.07) is 6.67. The van der Waals surface area contributed by atoms with Crippen LogP contribution in [-0.2, 0) is 14.6 Å². The first-order valence-corrected chi connectivity index (χ1v) is 15.3. The van der Waals surface area contributed by atoms with Gasteiger partial charge in [0.25, 0.3) is 5.91 Å². The number of carbonyl (C=O) groups excluding carboxylic acids is 2. The number of carbonyl (C=O) groups is 2. The second kappa shape index (κ2) is 15.5.